The highest BCUT2D eigenvalue weighted by Gasteiger charge is 2.25. The average Bonchev–Trinajstić information content (AvgIpc) is 2.44. The van der Waals surface area contributed by atoms with Gasteiger partial charge in [-0.05, 0) is 36.1 Å². The quantitative estimate of drug-likeness (QED) is 0.685. The molecule has 3 heteroatoms. The molecule has 2 rings (SSSR count). The number of rotatable bonds is 3. The summed E-state index contributed by atoms with van der Waals surface area (Å²) < 4.78 is 5.58. The van der Waals surface area contributed by atoms with Crippen molar-refractivity contribution in [2.45, 2.75) is 33.1 Å². The summed E-state index contributed by atoms with van der Waals surface area (Å²) in [5, 5.41) is 0. The van der Waals surface area contributed by atoms with Crippen LogP contribution in [0, 0.1) is 6.92 Å². The molecule has 0 aliphatic heterocycles. The van der Waals surface area contributed by atoms with Gasteiger partial charge in [-0.1, -0.05) is 39.0 Å². The lowest BCUT2D eigenvalue weighted by atomic mass is 9.83. The van der Waals surface area contributed by atoms with E-state index in [0.29, 0.717) is 22.6 Å². The van der Waals surface area contributed by atoms with Crippen molar-refractivity contribution < 1.29 is 9.53 Å². The van der Waals surface area contributed by atoms with Gasteiger partial charge in [0, 0.05) is 16.8 Å². The van der Waals surface area contributed by atoms with Gasteiger partial charge in [0.25, 0.3) is 0 Å². The predicted molar refractivity (Wildman–Crippen MR) is 90.7 cm³/mol. The van der Waals surface area contributed by atoms with Crippen molar-refractivity contribution in [3.05, 3.63) is 58.7 Å². The number of ether oxygens (including phenoxy) is 1. The molecule has 0 heterocycles. The van der Waals surface area contributed by atoms with Crippen molar-refractivity contribution in [3.63, 3.8) is 0 Å². The van der Waals surface area contributed by atoms with Crippen LogP contribution in [0.2, 0.25) is 0 Å². The van der Waals surface area contributed by atoms with Gasteiger partial charge in [0.1, 0.15) is 5.75 Å². The highest BCUT2D eigenvalue weighted by atomic mass is 16.5. The van der Waals surface area contributed by atoms with E-state index in [1.165, 1.54) is 0 Å². The zero-order valence-electron chi connectivity index (χ0n) is 13.9. The van der Waals surface area contributed by atoms with Crippen LogP contribution in [0.5, 0.6) is 5.75 Å². The van der Waals surface area contributed by atoms with E-state index in [-0.39, 0.29) is 11.2 Å². The maximum atomic E-state index is 12.9. The molecule has 0 aromatic heterocycles. The Balaban J connectivity index is 2.65. The Kier molecular flexibility index (Phi) is 4.27. The van der Waals surface area contributed by atoms with E-state index in [1.54, 1.807) is 31.4 Å². The van der Waals surface area contributed by atoms with E-state index < -0.39 is 0 Å². The van der Waals surface area contributed by atoms with Crippen molar-refractivity contribution >= 4 is 11.5 Å². The van der Waals surface area contributed by atoms with Gasteiger partial charge in [-0.3, -0.25) is 4.79 Å². The summed E-state index contributed by atoms with van der Waals surface area (Å²) in [6, 6.07) is 11.0. The average molecular weight is 297 g/mol. The van der Waals surface area contributed by atoms with E-state index in [1.807, 2.05) is 13.0 Å². The molecule has 2 N–H and O–H groups in total. The van der Waals surface area contributed by atoms with Crippen LogP contribution in [0.25, 0.3) is 0 Å². The largest absolute Gasteiger partial charge is 0.496 e. The van der Waals surface area contributed by atoms with Gasteiger partial charge >= 0.3 is 0 Å². The standard InChI is InChI=1S/C19H23NO2/c1-12-9-15(17(21)13-7-6-8-14(20)11-13)18(22-5)16(10-12)19(2,3)4/h6-11H,20H2,1-5H3. The lowest BCUT2D eigenvalue weighted by Gasteiger charge is -2.24. The molecule has 0 unspecified atom stereocenters. The van der Waals surface area contributed by atoms with E-state index in [4.69, 9.17) is 10.5 Å². The zero-order valence-corrected chi connectivity index (χ0v) is 13.9. The van der Waals surface area contributed by atoms with Crippen LogP contribution in [0.1, 0.15) is 47.8 Å². The predicted octanol–water partition coefficient (Wildman–Crippen LogP) is 4.11. The molecule has 116 valence electrons. The fraction of sp³-hybridized carbons (Fsp3) is 0.316. The molecular weight excluding hydrogens is 274 g/mol. The SMILES string of the molecule is COc1c(C(=O)c2cccc(N)c2)cc(C)cc1C(C)(C)C. The zero-order chi connectivity index (χ0) is 16.5. The summed E-state index contributed by atoms with van der Waals surface area (Å²) in [6.07, 6.45) is 0. The monoisotopic (exact) mass is 297 g/mol. The van der Waals surface area contributed by atoms with Gasteiger partial charge in [-0.15, -0.1) is 0 Å². The van der Waals surface area contributed by atoms with E-state index >= 15 is 0 Å². The number of ketones is 1. The summed E-state index contributed by atoms with van der Waals surface area (Å²) in [5.74, 6) is 0.573. The Morgan fingerprint density at radius 2 is 1.82 bits per heavy atom. The third kappa shape index (κ3) is 3.14. The van der Waals surface area contributed by atoms with Gasteiger partial charge in [0.15, 0.2) is 5.78 Å². The molecule has 0 radical (unpaired) electrons. The van der Waals surface area contributed by atoms with Crippen molar-refractivity contribution in [1.82, 2.24) is 0 Å². The van der Waals surface area contributed by atoms with Gasteiger partial charge in [0.05, 0.1) is 12.7 Å². The Labute approximate surface area is 132 Å². The molecule has 0 amide bonds. The van der Waals surface area contributed by atoms with Crippen LogP contribution in [0.15, 0.2) is 36.4 Å². The van der Waals surface area contributed by atoms with Crippen LogP contribution < -0.4 is 10.5 Å². The number of carbonyl (C=O) groups excluding carboxylic acids is 1. The Morgan fingerprint density at radius 3 is 2.36 bits per heavy atom. The molecule has 22 heavy (non-hydrogen) atoms. The fourth-order valence-electron chi connectivity index (χ4n) is 2.55. The minimum atomic E-state index is -0.109. The smallest absolute Gasteiger partial charge is 0.196 e. The number of benzene rings is 2. The molecule has 2 aromatic rings. The molecule has 0 aliphatic rings. The first kappa shape index (κ1) is 16.1. The number of nitrogen functional groups attached to an aromatic ring is 1. The third-order valence-corrected chi connectivity index (χ3v) is 3.64. The molecule has 0 spiro atoms. The number of hydrogen-bond acceptors (Lipinski definition) is 3. The number of methoxy groups -OCH3 is 1. The van der Waals surface area contributed by atoms with Gasteiger partial charge in [0.2, 0.25) is 0 Å². The third-order valence-electron chi connectivity index (χ3n) is 3.64. The van der Waals surface area contributed by atoms with Crippen LogP contribution >= 0.6 is 0 Å². The summed E-state index contributed by atoms with van der Waals surface area (Å²) in [7, 11) is 1.61. The molecule has 0 saturated carbocycles. The summed E-state index contributed by atoms with van der Waals surface area (Å²) in [4.78, 5) is 12.9. The normalized spacial score (nSPS) is 11.3. The fourth-order valence-corrected chi connectivity index (χ4v) is 2.55. The summed E-state index contributed by atoms with van der Waals surface area (Å²) in [5.41, 5.74) is 9.48. The minimum absolute atomic E-state index is 0.0710. The number of carbonyl (C=O) groups is 1. The Morgan fingerprint density at radius 1 is 1.14 bits per heavy atom. The van der Waals surface area contributed by atoms with Crippen LogP contribution in [0.3, 0.4) is 0 Å². The molecule has 0 bridgehead atoms. The maximum Gasteiger partial charge on any atom is 0.196 e. The van der Waals surface area contributed by atoms with E-state index in [2.05, 4.69) is 26.8 Å². The highest BCUT2D eigenvalue weighted by molar-refractivity contribution is 6.11. The van der Waals surface area contributed by atoms with Gasteiger partial charge in [-0.2, -0.15) is 0 Å². The van der Waals surface area contributed by atoms with E-state index in [0.717, 1.165) is 11.1 Å². The number of aryl methyl sites for hydroxylation is 1. The molecule has 0 saturated heterocycles. The van der Waals surface area contributed by atoms with Crippen molar-refractivity contribution in [2.24, 2.45) is 0 Å². The highest BCUT2D eigenvalue weighted by Crippen LogP contribution is 2.36. The van der Waals surface area contributed by atoms with Crippen molar-refractivity contribution in [1.29, 1.82) is 0 Å². The molecule has 0 aliphatic carbocycles. The maximum absolute atomic E-state index is 12.9. The Bertz CT molecular complexity index is 712. The number of hydrogen-bond donors (Lipinski definition) is 1. The molecule has 0 fully saturated rings. The van der Waals surface area contributed by atoms with Crippen LogP contribution in [0.4, 0.5) is 5.69 Å². The number of nitrogens with two attached hydrogens (primary N) is 1. The minimum Gasteiger partial charge on any atom is -0.496 e. The summed E-state index contributed by atoms with van der Waals surface area (Å²) >= 11 is 0. The summed E-state index contributed by atoms with van der Waals surface area (Å²) in [6.45, 7) is 8.32. The first-order valence-electron chi connectivity index (χ1n) is 7.33. The molecule has 2 aromatic carbocycles. The molecule has 3 nitrogen and oxygen atoms in total. The van der Waals surface area contributed by atoms with Crippen molar-refractivity contribution in [3.8, 4) is 5.75 Å². The second-order valence-corrected chi connectivity index (χ2v) is 6.60. The van der Waals surface area contributed by atoms with Crippen LogP contribution in [-0.2, 0) is 5.41 Å². The van der Waals surface area contributed by atoms with Crippen molar-refractivity contribution in [2.75, 3.05) is 12.8 Å². The lowest BCUT2D eigenvalue weighted by molar-refractivity contribution is 0.103. The first-order chi connectivity index (χ1) is 10.2. The van der Waals surface area contributed by atoms with E-state index in [9.17, 15) is 4.79 Å². The topological polar surface area (TPSA) is 52.3 Å². The Hall–Kier alpha value is -2.29. The first-order valence-corrected chi connectivity index (χ1v) is 7.33. The second kappa shape index (κ2) is 5.84. The lowest BCUT2D eigenvalue weighted by Crippen LogP contribution is -2.16. The van der Waals surface area contributed by atoms with Gasteiger partial charge in [-0.25, -0.2) is 0 Å². The molecular formula is C19H23NO2. The second-order valence-electron chi connectivity index (χ2n) is 6.60. The van der Waals surface area contributed by atoms with Crippen LogP contribution in [-0.4, -0.2) is 12.9 Å². The number of anilines is 1. The molecule has 0 atom stereocenters. The van der Waals surface area contributed by atoms with Gasteiger partial charge < -0.3 is 10.5 Å².